The minimum atomic E-state index is -4.64. The Morgan fingerprint density at radius 1 is 0.774 bits per heavy atom. The zero-order chi connectivity index (χ0) is 22.6. The van der Waals surface area contributed by atoms with E-state index >= 15 is 0 Å². The van der Waals surface area contributed by atoms with Crippen molar-refractivity contribution in [3.63, 3.8) is 0 Å². The molecule has 3 aromatic carbocycles. The fourth-order valence-electron chi connectivity index (χ4n) is 3.55. The van der Waals surface area contributed by atoms with Gasteiger partial charge in [-0.15, -0.1) is 0 Å². The van der Waals surface area contributed by atoms with Crippen LogP contribution in [0, 0.1) is 11.6 Å². The molecule has 0 fully saturated rings. The molecule has 0 aliphatic rings. The Morgan fingerprint density at radius 3 is 1.68 bits per heavy atom. The molecule has 0 aliphatic heterocycles. The lowest BCUT2D eigenvalue weighted by Gasteiger charge is -2.12. The van der Waals surface area contributed by atoms with Crippen molar-refractivity contribution < 1.29 is 22.0 Å². The molecule has 0 aliphatic carbocycles. The van der Waals surface area contributed by atoms with Gasteiger partial charge in [0.25, 0.3) is 0 Å². The lowest BCUT2D eigenvalue weighted by atomic mass is 9.94. The van der Waals surface area contributed by atoms with E-state index in [2.05, 4.69) is 38.1 Å². The molecule has 0 N–H and O–H groups in total. The molecule has 3 rings (SSSR count). The number of alkyl halides is 3. The van der Waals surface area contributed by atoms with Crippen LogP contribution in [0.5, 0.6) is 0 Å². The van der Waals surface area contributed by atoms with Crippen molar-refractivity contribution in [2.45, 2.75) is 38.8 Å². The third-order valence-corrected chi connectivity index (χ3v) is 5.27. The largest absolute Gasteiger partial charge is 0.409 e. The van der Waals surface area contributed by atoms with Crippen molar-refractivity contribution in [1.82, 2.24) is 0 Å². The Bertz CT molecular complexity index is 1020. The molecule has 0 bridgehead atoms. The SMILES string of the molecule is CCCC(C)c1ccc(-c2ccc(-c3cc(F)c(/C=C/C(F)(F)F)c(F)c3)cc2)cc1. The maximum Gasteiger partial charge on any atom is 0.409 e. The lowest BCUT2D eigenvalue weighted by Crippen LogP contribution is -2.01. The van der Waals surface area contributed by atoms with Gasteiger partial charge in [-0.05, 0) is 58.4 Å². The van der Waals surface area contributed by atoms with Crippen LogP contribution in [0.3, 0.4) is 0 Å². The van der Waals surface area contributed by atoms with Crippen molar-refractivity contribution in [2.75, 3.05) is 0 Å². The van der Waals surface area contributed by atoms with Crippen molar-refractivity contribution in [3.8, 4) is 22.3 Å². The van der Waals surface area contributed by atoms with E-state index in [0.717, 1.165) is 36.1 Å². The Hall–Kier alpha value is -2.95. The topological polar surface area (TPSA) is 0 Å². The van der Waals surface area contributed by atoms with E-state index in [0.29, 0.717) is 17.6 Å². The standard InChI is InChI=1S/C26H23F5/c1-3-4-17(2)18-5-7-19(8-6-18)20-9-11-21(12-10-20)22-15-24(27)23(25(28)16-22)13-14-26(29,30)31/h5-17H,3-4H2,1-2H3/b14-13+. The van der Waals surface area contributed by atoms with E-state index in [9.17, 15) is 22.0 Å². The van der Waals surface area contributed by atoms with E-state index in [1.807, 2.05) is 12.1 Å². The van der Waals surface area contributed by atoms with Gasteiger partial charge in [0.05, 0.1) is 0 Å². The highest BCUT2D eigenvalue weighted by Crippen LogP contribution is 2.30. The molecular weight excluding hydrogens is 407 g/mol. The third-order valence-electron chi connectivity index (χ3n) is 5.27. The first-order valence-electron chi connectivity index (χ1n) is 10.1. The lowest BCUT2D eigenvalue weighted by molar-refractivity contribution is -0.0790. The Morgan fingerprint density at radius 2 is 1.23 bits per heavy atom. The number of allylic oxidation sites excluding steroid dienone is 1. The zero-order valence-electron chi connectivity index (χ0n) is 17.3. The van der Waals surface area contributed by atoms with Gasteiger partial charge in [0.1, 0.15) is 11.6 Å². The van der Waals surface area contributed by atoms with E-state index in [4.69, 9.17) is 0 Å². The molecule has 0 saturated heterocycles. The maximum absolute atomic E-state index is 14.2. The number of hydrogen-bond acceptors (Lipinski definition) is 0. The van der Waals surface area contributed by atoms with Crippen LogP contribution in [0.4, 0.5) is 22.0 Å². The van der Waals surface area contributed by atoms with Crippen molar-refractivity contribution in [3.05, 3.63) is 89.5 Å². The molecule has 0 spiro atoms. The molecule has 0 heterocycles. The fourth-order valence-corrected chi connectivity index (χ4v) is 3.55. The second kappa shape index (κ2) is 9.46. The Labute approximate surface area is 179 Å². The van der Waals surface area contributed by atoms with Crippen LogP contribution in [0.1, 0.15) is 43.7 Å². The molecule has 5 heteroatoms. The molecule has 0 saturated carbocycles. The predicted octanol–water partition coefficient (Wildman–Crippen LogP) is 8.78. The zero-order valence-corrected chi connectivity index (χ0v) is 17.3. The summed E-state index contributed by atoms with van der Waals surface area (Å²) in [6.07, 6.45) is -2.16. The van der Waals surface area contributed by atoms with Gasteiger partial charge in [-0.3, -0.25) is 0 Å². The van der Waals surface area contributed by atoms with Crippen LogP contribution in [0.25, 0.3) is 28.3 Å². The second-order valence-electron chi connectivity index (χ2n) is 7.62. The summed E-state index contributed by atoms with van der Waals surface area (Å²) in [7, 11) is 0. The van der Waals surface area contributed by atoms with Gasteiger partial charge < -0.3 is 0 Å². The number of rotatable bonds is 6. The number of halogens is 5. The molecule has 0 amide bonds. The summed E-state index contributed by atoms with van der Waals surface area (Å²) in [6, 6.07) is 17.6. The molecule has 3 aromatic rings. The van der Waals surface area contributed by atoms with Gasteiger partial charge in [-0.1, -0.05) is 68.8 Å². The first-order chi connectivity index (χ1) is 14.7. The van der Waals surface area contributed by atoms with Gasteiger partial charge in [-0.2, -0.15) is 13.2 Å². The van der Waals surface area contributed by atoms with E-state index in [-0.39, 0.29) is 11.6 Å². The molecule has 31 heavy (non-hydrogen) atoms. The minimum absolute atomic E-state index is 0.183. The van der Waals surface area contributed by atoms with Crippen LogP contribution >= 0.6 is 0 Å². The molecule has 0 radical (unpaired) electrons. The quantitative estimate of drug-likeness (QED) is 0.343. The summed E-state index contributed by atoms with van der Waals surface area (Å²) in [6.45, 7) is 4.37. The third kappa shape index (κ3) is 5.81. The highest BCUT2D eigenvalue weighted by Gasteiger charge is 2.23. The summed E-state index contributed by atoms with van der Waals surface area (Å²) < 4.78 is 65.3. The van der Waals surface area contributed by atoms with Crippen molar-refractivity contribution in [1.29, 1.82) is 0 Å². The minimum Gasteiger partial charge on any atom is -0.206 e. The van der Waals surface area contributed by atoms with Gasteiger partial charge >= 0.3 is 6.18 Å². The normalized spacial score (nSPS) is 13.0. The Kier molecular flexibility index (Phi) is 6.94. The van der Waals surface area contributed by atoms with Gasteiger partial charge in [-0.25, -0.2) is 8.78 Å². The predicted molar refractivity (Wildman–Crippen MR) is 116 cm³/mol. The van der Waals surface area contributed by atoms with Gasteiger partial charge in [0.15, 0.2) is 0 Å². The summed E-state index contributed by atoms with van der Waals surface area (Å²) in [4.78, 5) is 0. The molecule has 162 valence electrons. The number of benzene rings is 3. The summed E-state index contributed by atoms with van der Waals surface area (Å²) in [5.74, 6) is -1.59. The van der Waals surface area contributed by atoms with E-state index in [1.54, 1.807) is 12.1 Å². The first-order valence-corrected chi connectivity index (χ1v) is 10.1. The smallest absolute Gasteiger partial charge is 0.206 e. The van der Waals surface area contributed by atoms with Crippen LogP contribution in [-0.4, -0.2) is 6.18 Å². The average molecular weight is 430 g/mol. The Balaban J connectivity index is 1.82. The maximum atomic E-state index is 14.2. The monoisotopic (exact) mass is 430 g/mol. The molecular formula is C26H23F5. The van der Waals surface area contributed by atoms with Gasteiger partial charge in [0.2, 0.25) is 0 Å². The fraction of sp³-hybridized carbons (Fsp3) is 0.231. The van der Waals surface area contributed by atoms with Crippen LogP contribution in [0.2, 0.25) is 0 Å². The van der Waals surface area contributed by atoms with Crippen LogP contribution in [-0.2, 0) is 0 Å². The molecule has 1 atom stereocenters. The highest BCUT2D eigenvalue weighted by molar-refractivity contribution is 5.71. The van der Waals surface area contributed by atoms with Gasteiger partial charge in [0, 0.05) is 11.6 Å². The van der Waals surface area contributed by atoms with Crippen LogP contribution in [0.15, 0.2) is 66.7 Å². The van der Waals surface area contributed by atoms with E-state index < -0.39 is 23.4 Å². The molecule has 0 nitrogen and oxygen atoms in total. The van der Waals surface area contributed by atoms with E-state index in [1.165, 1.54) is 5.56 Å². The molecule has 1 unspecified atom stereocenters. The first kappa shape index (κ1) is 22.7. The molecule has 0 aromatic heterocycles. The van der Waals surface area contributed by atoms with Crippen LogP contribution < -0.4 is 0 Å². The summed E-state index contributed by atoms with van der Waals surface area (Å²) in [5.41, 5.74) is 3.39. The number of hydrogen-bond donors (Lipinski definition) is 0. The van der Waals surface area contributed by atoms with Crippen molar-refractivity contribution >= 4 is 6.08 Å². The average Bonchev–Trinajstić information content (AvgIpc) is 2.72. The second-order valence-corrected chi connectivity index (χ2v) is 7.62. The summed E-state index contributed by atoms with van der Waals surface area (Å²) >= 11 is 0. The highest BCUT2D eigenvalue weighted by atomic mass is 19.4. The summed E-state index contributed by atoms with van der Waals surface area (Å²) in [5, 5.41) is 0. The van der Waals surface area contributed by atoms with Crippen molar-refractivity contribution in [2.24, 2.45) is 0 Å².